The number of carbonyl (C=O) groups excluding carboxylic acids is 2. The summed E-state index contributed by atoms with van der Waals surface area (Å²) in [6.45, 7) is 1.02. The molecule has 2 aliphatic rings. The highest BCUT2D eigenvalue weighted by Gasteiger charge is 2.36. The minimum absolute atomic E-state index is 0.0511. The van der Waals surface area contributed by atoms with Gasteiger partial charge in [-0.15, -0.1) is 0 Å². The number of hydrogen-bond acceptors (Lipinski definition) is 5. The maximum Gasteiger partial charge on any atom is 0.416 e. The third-order valence-electron chi connectivity index (χ3n) is 7.54. The van der Waals surface area contributed by atoms with Crippen LogP contribution in [0.3, 0.4) is 0 Å². The first kappa shape index (κ1) is 28.9. The summed E-state index contributed by atoms with van der Waals surface area (Å²) in [5.41, 5.74) is -0.494. The summed E-state index contributed by atoms with van der Waals surface area (Å²) in [5.74, 6) is -0.770. The van der Waals surface area contributed by atoms with E-state index in [9.17, 15) is 31.2 Å². The van der Waals surface area contributed by atoms with Gasteiger partial charge >= 0.3 is 6.18 Å². The smallest absolute Gasteiger partial charge is 0.349 e. The van der Waals surface area contributed by atoms with Crippen LogP contribution in [0.2, 0.25) is 0 Å². The van der Waals surface area contributed by atoms with Crippen molar-refractivity contribution in [2.45, 2.75) is 49.9 Å². The first-order valence-electron chi connectivity index (χ1n) is 12.8. The van der Waals surface area contributed by atoms with Gasteiger partial charge in [0.05, 0.1) is 30.1 Å². The second-order valence-electron chi connectivity index (χ2n) is 10.3. The molecular weight excluding hydrogens is 533 g/mol. The number of hydrogen-bond donors (Lipinski definition) is 2. The second kappa shape index (κ2) is 11.5. The van der Waals surface area contributed by atoms with Crippen LogP contribution in [0.15, 0.2) is 48.5 Å². The molecular formula is C27H33F3N4O4S. The molecule has 0 spiro atoms. The van der Waals surface area contributed by atoms with Gasteiger partial charge < -0.3 is 10.6 Å². The Morgan fingerprint density at radius 2 is 1.67 bits per heavy atom. The van der Waals surface area contributed by atoms with Gasteiger partial charge in [-0.1, -0.05) is 30.3 Å². The lowest BCUT2D eigenvalue weighted by Crippen LogP contribution is -2.63. The van der Waals surface area contributed by atoms with Crippen molar-refractivity contribution < 1.29 is 31.2 Å². The van der Waals surface area contributed by atoms with E-state index in [0.29, 0.717) is 28.4 Å². The van der Waals surface area contributed by atoms with E-state index in [2.05, 4.69) is 39.8 Å². The van der Waals surface area contributed by atoms with Crippen molar-refractivity contribution in [1.82, 2.24) is 15.5 Å². The van der Waals surface area contributed by atoms with E-state index in [-0.39, 0.29) is 11.7 Å². The average molecular weight is 567 g/mol. The van der Waals surface area contributed by atoms with Crippen LogP contribution in [0.25, 0.3) is 0 Å². The van der Waals surface area contributed by atoms with Gasteiger partial charge in [0, 0.05) is 31.7 Å². The summed E-state index contributed by atoms with van der Waals surface area (Å²) in [5, 5.41) is 5.18. The molecule has 212 valence electrons. The molecule has 0 radical (unpaired) electrons. The fourth-order valence-electron chi connectivity index (χ4n) is 5.22. The molecule has 1 heterocycles. The Bertz CT molecular complexity index is 1290. The Balaban J connectivity index is 1.25. The number of carbonyl (C=O) groups is 2. The van der Waals surface area contributed by atoms with Crippen LogP contribution in [0.4, 0.5) is 18.9 Å². The van der Waals surface area contributed by atoms with E-state index in [4.69, 9.17) is 0 Å². The molecule has 0 bridgehead atoms. The van der Waals surface area contributed by atoms with E-state index in [0.717, 1.165) is 58.1 Å². The molecule has 2 amide bonds. The lowest BCUT2D eigenvalue weighted by Gasteiger charge is -2.46. The van der Waals surface area contributed by atoms with E-state index >= 15 is 0 Å². The van der Waals surface area contributed by atoms with Gasteiger partial charge in [-0.3, -0.25) is 18.8 Å². The predicted molar refractivity (Wildman–Crippen MR) is 142 cm³/mol. The summed E-state index contributed by atoms with van der Waals surface area (Å²) in [7, 11) is -2.76. The quantitative estimate of drug-likeness (QED) is 0.511. The standard InChI is InChI=1S/C27H33F3N4O4S/c1-33(39(2,37)38)24-13-20(12-21(14-24)27(28,29)30)26(36)31-15-25(35)32-22-16-34(17-22)23-10-8-19(9-11-23)18-6-4-3-5-7-18/h3-7,12-14,19,22-23H,8-11,15-17H2,1-2H3,(H,31,36)(H,32,35). The molecule has 1 saturated heterocycles. The maximum absolute atomic E-state index is 13.4. The number of amides is 2. The zero-order valence-electron chi connectivity index (χ0n) is 21.9. The predicted octanol–water partition coefficient (Wildman–Crippen LogP) is 3.36. The highest BCUT2D eigenvalue weighted by atomic mass is 32.2. The van der Waals surface area contributed by atoms with Crippen molar-refractivity contribution >= 4 is 27.5 Å². The molecule has 2 N–H and O–H groups in total. The Labute approximate surface area is 226 Å². The molecule has 2 aromatic carbocycles. The number of halogens is 3. The van der Waals surface area contributed by atoms with E-state index in [1.807, 2.05) is 6.07 Å². The van der Waals surface area contributed by atoms with Crippen LogP contribution in [-0.2, 0) is 21.0 Å². The molecule has 2 aromatic rings. The number of benzene rings is 2. The number of rotatable bonds is 8. The highest BCUT2D eigenvalue weighted by molar-refractivity contribution is 7.92. The molecule has 8 nitrogen and oxygen atoms in total. The molecule has 12 heteroatoms. The number of nitrogens with one attached hydrogen (secondary N) is 2. The van der Waals surface area contributed by atoms with Crippen molar-refractivity contribution in [2.24, 2.45) is 0 Å². The van der Waals surface area contributed by atoms with Crippen LogP contribution in [0.1, 0.15) is 53.1 Å². The third kappa shape index (κ3) is 7.30. The van der Waals surface area contributed by atoms with Crippen LogP contribution in [0.5, 0.6) is 0 Å². The largest absolute Gasteiger partial charge is 0.416 e. The summed E-state index contributed by atoms with van der Waals surface area (Å²) in [4.78, 5) is 27.3. The van der Waals surface area contributed by atoms with Gasteiger partial charge in [-0.25, -0.2) is 8.42 Å². The van der Waals surface area contributed by atoms with Crippen molar-refractivity contribution in [1.29, 1.82) is 0 Å². The molecule has 4 rings (SSSR count). The number of sulfonamides is 1. The molecule has 39 heavy (non-hydrogen) atoms. The minimum atomic E-state index is -4.79. The number of alkyl halides is 3. The third-order valence-corrected chi connectivity index (χ3v) is 8.74. The lowest BCUT2D eigenvalue weighted by molar-refractivity contribution is -0.137. The molecule has 2 fully saturated rings. The van der Waals surface area contributed by atoms with E-state index < -0.39 is 45.7 Å². The van der Waals surface area contributed by atoms with E-state index in [1.54, 1.807) is 0 Å². The lowest BCUT2D eigenvalue weighted by atomic mass is 9.80. The number of anilines is 1. The Morgan fingerprint density at radius 3 is 2.26 bits per heavy atom. The monoisotopic (exact) mass is 566 g/mol. The van der Waals surface area contributed by atoms with Crippen LogP contribution < -0.4 is 14.9 Å². The van der Waals surface area contributed by atoms with Crippen LogP contribution in [0, 0.1) is 0 Å². The van der Waals surface area contributed by atoms with Gasteiger partial charge in [0.15, 0.2) is 0 Å². The molecule has 0 atom stereocenters. The molecule has 0 unspecified atom stereocenters. The first-order valence-corrected chi connectivity index (χ1v) is 14.7. The Kier molecular flexibility index (Phi) is 8.55. The van der Waals surface area contributed by atoms with Gasteiger partial charge in [0.25, 0.3) is 5.91 Å². The zero-order valence-corrected chi connectivity index (χ0v) is 22.7. The van der Waals surface area contributed by atoms with Gasteiger partial charge in [-0.2, -0.15) is 13.2 Å². The van der Waals surface area contributed by atoms with Crippen molar-refractivity contribution in [3.05, 3.63) is 65.2 Å². The normalized spacial score (nSPS) is 20.6. The summed E-state index contributed by atoms with van der Waals surface area (Å²) < 4.78 is 64.4. The van der Waals surface area contributed by atoms with Gasteiger partial charge in [-0.05, 0) is 55.4 Å². The van der Waals surface area contributed by atoms with E-state index in [1.165, 1.54) is 5.56 Å². The van der Waals surface area contributed by atoms with Gasteiger partial charge in [0.1, 0.15) is 0 Å². The maximum atomic E-state index is 13.4. The van der Waals surface area contributed by atoms with Crippen LogP contribution >= 0.6 is 0 Å². The average Bonchev–Trinajstić information content (AvgIpc) is 2.88. The Morgan fingerprint density at radius 1 is 1.03 bits per heavy atom. The summed E-state index contributed by atoms with van der Waals surface area (Å²) in [6.07, 6.45) is 0.511. The fraction of sp³-hybridized carbons (Fsp3) is 0.481. The minimum Gasteiger partial charge on any atom is -0.349 e. The first-order chi connectivity index (χ1) is 18.3. The second-order valence-corrected chi connectivity index (χ2v) is 12.3. The molecule has 1 aliphatic heterocycles. The molecule has 0 aromatic heterocycles. The number of likely N-dealkylation sites (tertiary alicyclic amines) is 1. The summed E-state index contributed by atoms with van der Waals surface area (Å²) >= 11 is 0. The zero-order chi connectivity index (χ0) is 28.4. The van der Waals surface area contributed by atoms with Crippen molar-refractivity contribution in [3.8, 4) is 0 Å². The van der Waals surface area contributed by atoms with Crippen molar-refractivity contribution in [2.75, 3.05) is 37.2 Å². The van der Waals surface area contributed by atoms with Crippen LogP contribution in [-0.4, -0.2) is 70.2 Å². The summed E-state index contributed by atoms with van der Waals surface area (Å²) in [6, 6.07) is 13.3. The van der Waals surface area contributed by atoms with Gasteiger partial charge in [0.2, 0.25) is 15.9 Å². The fourth-order valence-corrected chi connectivity index (χ4v) is 5.71. The number of nitrogens with zero attached hydrogens (tertiary/aromatic N) is 2. The molecule has 1 saturated carbocycles. The highest BCUT2D eigenvalue weighted by Crippen LogP contribution is 2.36. The molecule has 1 aliphatic carbocycles. The topological polar surface area (TPSA) is 98.8 Å². The SMILES string of the molecule is CN(c1cc(C(=O)NCC(=O)NC2CN(C3CCC(c4ccccc4)CC3)C2)cc(C(F)(F)F)c1)S(C)(=O)=O. The Hall–Kier alpha value is -3.12. The van der Waals surface area contributed by atoms with Crippen molar-refractivity contribution in [3.63, 3.8) is 0 Å².